The van der Waals surface area contributed by atoms with Crippen molar-refractivity contribution in [3.05, 3.63) is 29.3 Å². The molecule has 0 bridgehead atoms. The van der Waals surface area contributed by atoms with Gasteiger partial charge in [0.2, 0.25) is 0 Å². The lowest BCUT2D eigenvalue weighted by molar-refractivity contribution is -0.158. The maximum absolute atomic E-state index is 12.6. The second-order valence-corrected chi connectivity index (χ2v) is 9.49. The molecule has 2 unspecified atom stereocenters. The number of hydrogen-bond donors (Lipinski definition) is 0. The summed E-state index contributed by atoms with van der Waals surface area (Å²) in [4.78, 5) is 26.3. The summed E-state index contributed by atoms with van der Waals surface area (Å²) < 4.78 is 34.1. The molecule has 0 radical (unpaired) electrons. The van der Waals surface area contributed by atoms with Crippen molar-refractivity contribution in [2.75, 3.05) is 24.7 Å². The molecule has 2 atom stereocenters. The fourth-order valence-corrected chi connectivity index (χ4v) is 4.90. The Balaban J connectivity index is 1.90. The standard InChI is InChI=1S/C19H26ClNO6S/c1-3-4-9-21(16-8-10-28(24,25)13-16)18(22)12-26-19(23)14(2)27-17-7-5-6-15(20)11-17/h5-7,11,14,16H,3-4,8-10,12-13H2,1-2H3. The number of benzene rings is 1. The SMILES string of the molecule is CCCCN(C(=O)COC(=O)C(C)Oc1cccc(Cl)c1)C1CCS(=O)(=O)C1. The van der Waals surface area contributed by atoms with Gasteiger partial charge in [-0.3, -0.25) is 4.79 Å². The summed E-state index contributed by atoms with van der Waals surface area (Å²) >= 11 is 5.88. The lowest BCUT2D eigenvalue weighted by Gasteiger charge is -2.28. The van der Waals surface area contributed by atoms with E-state index in [1.54, 1.807) is 24.3 Å². The Morgan fingerprint density at radius 1 is 1.36 bits per heavy atom. The molecule has 28 heavy (non-hydrogen) atoms. The Labute approximate surface area is 170 Å². The number of hydrogen-bond acceptors (Lipinski definition) is 6. The second-order valence-electron chi connectivity index (χ2n) is 6.82. The minimum Gasteiger partial charge on any atom is -0.479 e. The molecular formula is C19H26ClNO6S. The van der Waals surface area contributed by atoms with Gasteiger partial charge in [-0.2, -0.15) is 0 Å². The smallest absolute Gasteiger partial charge is 0.347 e. The van der Waals surface area contributed by atoms with E-state index in [4.69, 9.17) is 21.1 Å². The van der Waals surface area contributed by atoms with E-state index in [0.29, 0.717) is 23.7 Å². The zero-order valence-corrected chi connectivity index (χ0v) is 17.7. The fraction of sp³-hybridized carbons (Fsp3) is 0.579. The average molecular weight is 432 g/mol. The number of sulfone groups is 1. The molecule has 0 saturated carbocycles. The van der Waals surface area contributed by atoms with Crippen LogP contribution in [0.4, 0.5) is 0 Å². The van der Waals surface area contributed by atoms with Crippen molar-refractivity contribution in [1.82, 2.24) is 4.90 Å². The average Bonchev–Trinajstić information content (AvgIpc) is 2.99. The molecule has 9 heteroatoms. The molecule has 0 N–H and O–H groups in total. The van der Waals surface area contributed by atoms with Gasteiger partial charge in [0.15, 0.2) is 22.5 Å². The van der Waals surface area contributed by atoms with Gasteiger partial charge in [-0.25, -0.2) is 13.2 Å². The molecule has 1 aliphatic rings. The predicted octanol–water partition coefficient (Wildman–Crippen LogP) is 2.47. The molecule has 1 fully saturated rings. The number of amides is 1. The number of carbonyl (C=O) groups is 2. The lowest BCUT2D eigenvalue weighted by Crippen LogP contribution is -2.44. The molecule has 1 amide bonds. The monoisotopic (exact) mass is 431 g/mol. The molecule has 1 aliphatic heterocycles. The lowest BCUT2D eigenvalue weighted by atomic mass is 10.2. The number of esters is 1. The van der Waals surface area contributed by atoms with E-state index in [1.807, 2.05) is 6.92 Å². The molecule has 7 nitrogen and oxygen atoms in total. The first-order chi connectivity index (χ1) is 13.2. The van der Waals surface area contributed by atoms with Gasteiger partial charge in [0, 0.05) is 17.6 Å². The van der Waals surface area contributed by atoms with Gasteiger partial charge in [0.25, 0.3) is 5.91 Å². The molecule has 2 rings (SSSR count). The molecule has 1 saturated heterocycles. The van der Waals surface area contributed by atoms with Crippen LogP contribution in [-0.2, 0) is 24.2 Å². The van der Waals surface area contributed by atoms with Gasteiger partial charge in [0.1, 0.15) is 5.75 Å². The summed E-state index contributed by atoms with van der Waals surface area (Å²) in [5, 5.41) is 0.478. The van der Waals surface area contributed by atoms with Crippen molar-refractivity contribution in [2.24, 2.45) is 0 Å². The van der Waals surface area contributed by atoms with Gasteiger partial charge in [-0.05, 0) is 38.0 Å². The third-order valence-electron chi connectivity index (χ3n) is 4.50. The van der Waals surface area contributed by atoms with Gasteiger partial charge in [-0.1, -0.05) is 31.0 Å². The quantitative estimate of drug-likeness (QED) is 0.558. The van der Waals surface area contributed by atoms with E-state index in [0.717, 1.165) is 12.8 Å². The third kappa shape index (κ3) is 6.67. The molecule has 0 aromatic heterocycles. The minimum atomic E-state index is -3.11. The Morgan fingerprint density at radius 2 is 2.11 bits per heavy atom. The van der Waals surface area contributed by atoms with E-state index in [2.05, 4.69) is 0 Å². The van der Waals surface area contributed by atoms with Gasteiger partial charge >= 0.3 is 5.97 Å². The van der Waals surface area contributed by atoms with Crippen LogP contribution >= 0.6 is 11.6 Å². The fourth-order valence-electron chi connectivity index (χ4n) is 2.99. The first kappa shape index (κ1) is 22.5. The molecule has 1 aromatic rings. The van der Waals surface area contributed by atoms with Crippen LogP contribution < -0.4 is 4.74 Å². The molecule has 1 heterocycles. The molecule has 0 aliphatic carbocycles. The Kier molecular flexibility index (Phi) is 8.12. The maximum Gasteiger partial charge on any atom is 0.347 e. The largest absolute Gasteiger partial charge is 0.479 e. The van der Waals surface area contributed by atoms with Crippen LogP contribution in [0.15, 0.2) is 24.3 Å². The van der Waals surface area contributed by atoms with Gasteiger partial charge in [0.05, 0.1) is 11.5 Å². The summed E-state index contributed by atoms with van der Waals surface area (Å²) in [6, 6.07) is 6.25. The topological polar surface area (TPSA) is 90.0 Å². The maximum atomic E-state index is 12.6. The Bertz CT molecular complexity index is 797. The molecule has 0 spiro atoms. The van der Waals surface area contributed by atoms with Crippen LogP contribution in [0, 0.1) is 0 Å². The summed E-state index contributed by atoms with van der Waals surface area (Å²) in [7, 11) is -3.11. The summed E-state index contributed by atoms with van der Waals surface area (Å²) in [6.07, 6.45) is 1.13. The highest BCUT2D eigenvalue weighted by molar-refractivity contribution is 7.91. The highest BCUT2D eigenvalue weighted by Gasteiger charge is 2.34. The van der Waals surface area contributed by atoms with Crippen LogP contribution in [0.1, 0.15) is 33.1 Å². The number of halogens is 1. The zero-order chi connectivity index (χ0) is 20.7. The van der Waals surface area contributed by atoms with Crippen molar-refractivity contribution in [1.29, 1.82) is 0 Å². The zero-order valence-electron chi connectivity index (χ0n) is 16.1. The van der Waals surface area contributed by atoms with Gasteiger partial charge < -0.3 is 14.4 Å². The normalized spacial score (nSPS) is 19.0. The van der Waals surface area contributed by atoms with Crippen molar-refractivity contribution >= 4 is 33.3 Å². The van der Waals surface area contributed by atoms with Crippen molar-refractivity contribution in [3.8, 4) is 5.75 Å². The molecule has 1 aromatic carbocycles. The molecule has 156 valence electrons. The van der Waals surface area contributed by atoms with Crippen LogP contribution in [0.3, 0.4) is 0 Å². The summed E-state index contributed by atoms with van der Waals surface area (Å²) in [5.41, 5.74) is 0. The van der Waals surface area contributed by atoms with E-state index in [1.165, 1.54) is 11.8 Å². The first-order valence-electron chi connectivity index (χ1n) is 9.30. The highest BCUT2D eigenvalue weighted by atomic mass is 35.5. The number of unbranched alkanes of at least 4 members (excludes halogenated alkanes) is 1. The highest BCUT2D eigenvalue weighted by Crippen LogP contribution is 2.20. The Morgan fingerprint density at radius 3 is 2.71 bits per heavy atom. The number of rotatable bonds is 9. The molecular weight excluding hydrogens is 406 g/mol. The van der Waals surface area contributed by atoms with Gasteiger partial charge in [-0.15, -0.1) is 0 Å². The van der Waals surface area contributed by atoms with Crippen LogP contribution in [0.25, 0.3) is 0 Å². The predicted molar refractivity (Wildman–Crippen MR) is 106 cm³/mol. The third-order valence-corrected chi connectivity index (χ3v) is 6.49. The van der Waals surface area contributed by atoms with Crippen LogP contribution in [0.5, 0.6) is 5.75 Å². The van der Waals surface area contributed by atoms with E-state index < -0.39 is 28.5 Å². The number of carbonyl (C=O) groups excluding carboxylic acids is 2. The summed E-state index contributed by atoms with van der Waals surface area (Å²) in [5.74, 6) is -0.603. The van der Waals surface area contributed by atoms with Crippen molar-refractivity contribution < 1.29 is 27.5 Å². The minimum absolute atomic E-state index is 0.0370. The number of ether oxygens (including phenoxy) is 2. The van der Waals surface area contributed by atoms with E-state index in [-0.39, 0.29) is 23.5 Å². The second kappa shape index (κ2) is 10.1. The Hall–Kier alpha value is -1.80. The van der Waals surface area contributed by atoms with Crippen molar-refractivity contribution in [3.63, 3.8) is 0 Å². The van der Waals surface area contributed by atoms with E-state index in [9.17, 15) is 18.0 Å². The summed E-state index contributed by atoms with van der Waals surface area (Å²) in [6.45, 7) is 3.51. The van der Waals surface area contributed by atoms with Crippen molar-refractivity contribution in [2.45, 2.75) is 45.3 Å². The number of nitrogens with zero attached hydrogens (tertiary/aromatic N) is 1. The first-order valence-corrected chi connectivity index (χ1v) is 11.5. The van der Waals surface area contributed by atoms with E-state index >= 15 is 0 Å². The van der Waals surface area contributed by atoms with Crippen LogP contribution in [-0.4, -0.2) is 62.0 Å². The van der Waals surface area contributed by atoms with Crippen LogP contribution in [0.2, 0.25) is 5.02 Å².